The molecule has 0 aliphatic carbocycles. The Kier molecular flexibility index (Phi) is 12.8. The lowest BCUT2D eigenvalue weighted by molar-refractivity contribution is -0.147. The molecule has 41 heavy (non-hydrogen) atoms. The highest BCUT2D eigenvalue weighted by atomic mass is 32.2. The van der Waals surface area contributed by atoms with Crippen molar-refractivity contribution in [3.05, 3.63) is 41.5 Å². The van der Waals surface area contributed by atoms with Crippen molar-refractivity contribution >= 4 is 38.4 Å². The minimum atomic E-state index is -3.57. The van der Waals surface area contributed by atoms with Gasteiger partial charge in [-0.25, -0.2) is 8.42 Å². The number of esters is 1. The molecule has 226 valence electrons. The van der Waals surface area contributed by atoms with Crippen molar-refractivity contribution in [2.45, 2.75) is 109 Å². The summed E-state index contributed by atoms with van der Waals surface area (Å²) in [6.45, 7) is 6.35. The van der Waals surface area contributed by atoms with Gasteiger partial charge in [0.1, 0.15) is 0 Å². The van der Waals surface area contributed by atoms with E-state index in [0.29, 0.717) is 54.2 Å². The van der Waals surface area contributed by atoms with Crippen LogP contribution in [-0.4, -0.2) is 50.0 Å². The molecule has 0 fully saturated rings. The van der Waals surface area contributed by atoms with E-state index in [9.17, 15) is 22.8 Å². The Morgan fingerprint density at radius 2 is 1.37 bits per heavy atom. The van der Waals surface area contributed by atoms with Gasteiger partial charge in [0.05, 0.1) is 23.2 Å². The molecule has 1 aliphatic rings. The summed E-state index contributed by atoms with van der Waals surface area (Å²) < 4.78 is 31.9. The first-order valence-electron chi connectivity index (χ1n) is 15.5. The Morgan fingerprint density at radius 1 is 0.780 bits per heavy atom. The van der Waals surface area contributed by atoms with Gasteiger partial charge in [-0.15, -0.1) is 0 Å². The van der Waals surface area contributed by atoms with Gasteiger partial charge in [0.15, 0.2) is 9.84 Å². The molecule has 0 spiro atoms. The minimum Gasteiger partial charge on any atom is -0.465 e. The van der Waals surface area contributed by atoms with Crippen LogP contribution in [0.15, 0.2) is 35.2 Å². The molecule has 0 N–H and O–H groups in total. The van der Waals surface area contributed by atoms with E-state index in [2.05, 4.69) is 6.92 Å². The summed E-state index contributed by atoms with van der Waals surface area (Å²) in [5, 5.41) is 0.879. The Hall–Kier alpha value is -2.74. The van der Waals surface area contributed by atoms with E-state index >= 15 is 0 Å². The van der Waals surface area contributed by atoms with Gasteiger partial charge in [0, 0.05) is 28.4 Å². The molecule has 1 heterocycles. The third-order valence-electron chi connectivity index (χ3n) is 7.80. The highest BCUT2D eigenvalue weighted by Gasteiger charge is 2.34. The van der Waals surface area contributed by atoms with E-state index in [1.54, 1.807) is 38.1 Å². The van der Waals surface area contributed by atoms with E-state index in [1.165, 1.54) is 49.5 Å². The zero-order valence-corrected chi connectivity index (χ0v) is 25.9. The summed E-state index contributed by atoms with van der Waals surface area (Å²) in [5.41, 5.74) is 0.720. The van der Waals surface area contributed by atoms with Crippen LogP contribution in [0.2, 0.25) is 0 Å². The molecule has 0 saturated carbocycles. The molecular formula is C33H47NO6S. The highest BCUT2D eigenvalue weighted by molar-refractivity contribution is 7.91. The standard InChI is InChI=1S/C33H47NO6S/c1-4-5-6-7-8-9-10-11-12-16-24-41(38,39)29-21-20-28-30-26(29)18-17-19-27(30)31(35)34(32(28)36)22-14-13-15-23-40-33(37)25(2)3/h17-21,25H,4-16,22-24H2,1-3H3. The molecular weight excluding hydrogens is 538 g/mol. The third-order valence-corrected chi connectivity index (χ3v) is 9.65. The third kappa shape index (κ3) is 8.87. The maximum Gasteiger partial charge on any atom is 0.308 e. The van der Waals surface area contributed by atoms with Crippen molar-refractivity contribution in [1.82, 2.24) is 4.90 Å². The number of benzene rings is 2. The smallest absolute Gasteiger partial charge is 0.308 e. The second kappa shape index (κ2) is 16.0. The van der Waals surface area contributed by atoms with E-state index in [-0.39, 0.29) is 29.1 Å². The molecule has 2 aromatic rings. The lowest BCUT2D eigenvalue weighted by Crippen LogP contribution is -2.41. The monoisotopic (exact) mass is 585 g/mol. The molecule has 0 bridgehead atoms. The SMILES string of the molecule is CCCCCCCCCCCCS(=O)(=O)c1ccc2c3c(cccc13)C(=O)N(CCCCCOC(=O)C(C)C)C2=O. The summed E-state index contributed by atoms with van der Waals surface area (Å²) in [7, 11) is -3.57. The maximum absolute atomic E-state index is 13.3. The minimum absolute atomic E-state index is 0.0582. The number of hydrogen-bond donors (Lipinski definition) is 0. The Labute approximate surface area is 245 Å². The molecule has 0 radical (unpaired) electrons. The zero-order valence-electron chi connectivity index (χ0n) is 25.1. The number of unbranched alkanes of at least 4 members (excludes halogenated alkanes) is 11. The van der Waals surface area contributed by atoms with Gasteiger partial charge in [0.2, 0.25) is 0 Å². The number of imide groups is 1. The number of carbonyl (C=O) groups is 3. The molecule has 0 atom stereocenters. The van der Waals surface area contributed by atoms with E-state index in [4.69, 9.17) is 4.74 Å². The van der Waals surface area contributed by atoms with Crippen LogP contribution >= 0.6 is 0 Å². The summed E-state index contributed by atoms with van der Waals surface area (Å²) in [6.07, 6.45) is 13.2. The van der Waals surface area contributed by atoms with Crippen LogP contribution in [0.25, 0.3) is 10.8 Å². The first-order chi connectivity index (χ1) is 19.7. The van der Waals surface area contributed by atoms with Crippen LogP contribution in [0, 0.1) is 5.92 Å². The Bertz CT molecular complexity index is 1280. The second-order valence-electron chi connectivity index (χ2n) is 11.5. The normalized spacial score (nSPS) is 13.4. The van der Waals surface area contributed by atoms with Crippen molar-refractivity contribution < 1.29 is 27.5 Å². The van der Waals surface area contributed by atoms with E-state index in [1.807, 2.05) is 0 Å². The highest BCUT2D eigenvalue weighted by Crippen LogP contribution is 2.34. The van der Waals surface area contributed by atoms with Crippen molar-refractivity contribution in [3.63, 3.8) is 0 Å². The molecule has 0 aromatic heterocycles. The topological polar surface area (TPSA) is 97.8 Å². The molecule has 2 amide bonds. The Morgan fingerprint density at radius 3 is 2.00 bits per heavy atom. The first-order valence-corrected chi connectivity index (χ1v) is 17.2. The molecule has 7 nitrogen and oxygen atoms in total. The molecule has 0 saturated heterocycles. The number of rotatable bonds is 19. The van der Waals surface area contributed by atoms with Gasteiger partial charge in [-0.3, -0.25) is 19.3 Å². The second-order valence-corrected chi connectivity index (χ2v) is 13.6. The van der Waals surface area contributed by atoms with E-state index < -0.39 is 21.7 Å². The van der Waals surface area contributed by atoms with Gasteiger partial charge < -0.3 is 4.74 Å². The quantitative estimate of drug-likeness (QED) is 0.0962. The van der Waals surface area contributed by atoms with Crippen LogP contribution in [0.4, 0.5) is 0 Å². The van der Waals surface area contributed by atoms with Gasteiger partial charge in [0.25, 0.3) is 11.8 Å². The van der Waals surface area contributed by atoms with Gasteiger partial charge in [-0.2, -0.15) is 0 Å². The first kappa shape index (κ1) is 32.8. The number of nitrogens with zero attached hydrogens (tertiary/aromatic N) is 1. The fourth-order valence-corrected chi connectivity index (χ4v) is 6.96. The summed E-state index contributed by atoms with van der Waals surface area (Å²) >= 11 is 0. The lowest BCUT2D eigenvalue weighted by Gasteiger charge is -2.27. The van der Waals surface area contributed by atoms with Gasteiger partial charge in [-0.05, 0) is 43.9 Å². The number of sulfone groups is 1. The summed E-state index contributed by atoms with van der Waals surface area (Å²) in [5.74, 6) is -1.15. The molecule has 3 rings (SSSR count). The summed E-state index contributed by atoms with van der Waals surface area (Å²) in [6, 6.07) is 8.14. The van der Waals surface area contributed by atoms with Crippen molar-refractivity contribution in [1.29, 1.82) is 0 Å². The average Bonchev–Trinajstić information content (AvgIpc) is 2.95. The Balaban J connectivity index is 1.58. The van der Waals surface area contributed by atoms with Crippen molar-refractivity contribution in [3.8, 4) is 0 Å². The molecule has 2 aromatic carbocycles. The maximum atomic E-state index is 13.3. The van der Waals surface area contributed by atoms with Gasteiger partial charge in [-0.1, -0.05) is 90.7 Å². The van der Waals surface area contributed by atoms with Crippen LogP contribution in [-0.2, 0) is 19.4 Å². The number of amides is 2. The lowest BCUT2D eigenvalue weighted by atomic mass is 9.94. The molecule has 0 unspecified atom stereocenters. The largest absolute Gasteiger partial charge is 0.465 e. The van der Waals surface area contributed by atoms with Crippen LogP contribution < -0.4 is 0 Å². The predicted molar refractivity (Wildman–Crippen MR) is 163 cm³/mol. The molecule has 1 aliphatic heterocycles. The van der Waals surface area contributed by atoms with Crippen LogP contribution in [0.5, 0.6) is 0 Å². The van der Waals surface area contributed by atoms with Crippen molar-refractivity contribution in [2.75, 3.05) is 18.9 Å². The van der Waals surface area contributed by atoms with Gasteiger partial charge >= 0.3 is 5.97 Å². The summed E-state index contributed by atoms with van der Waals surface area (Å²) in [4.78, 5) is 39.6. The fourth-order valence-electron chi connectivity index (χ4n) is 5.37. The van der Waals surface area contributed by atoms with Crippen LogP contribution in [0.3, 0.4) is 0 Å². The average molecular weight is 586 g/mol. The zero-order chi connectivity index (χ0) is 29.8. The number of carbonyl (C=O) groups excluding carboxylic acids is 3. The number of hydrogen-bond acceptors (Lipinski definition) is 6. The van der Waals surface area contributed by atoms with Crippen LogP contribution in [0.1, 0.15) is 125 Å². The predicted octanol–water partition coefficient (Wildman–Crippen LogP) is 7.50. The number of ether oxygens (including phenoxy) is 1. The fraction of sp³-hybridized carbons (Fsp3) is 0.606. The molecule has 8 heteroatoms. The van der Waals surface area contributed by atoms with E-state index in [0.717, 1.165) is 19.3 Å². The van der Waals surface area contributed by atoms with Crippen molar-refractivity contribution in [2.24, 2.45) is 5.92 Å².